The normalized spacial score (nSPS) is 50.9. The fraction of sp³-hybridized carbons (Fsp3) is 1.00. The zero-order valence-corrected chi connectivity index (χ0v) is 14.9. The summed E-state index contributed by atoms with van der Waals surface area (Å²) in [5.41, 5.74) is 1.98. The first-order valence-electron chi connectivity index (χ1n) is 9.87. The molecule has 0 aromatic carbocycles. The third-order valence-electron chi connectivity index (χ3n) is 8.59. The van der Waals surface area contributed by atoms with E-state index in [-0.39, 0.29) is 0 Å². The van der Waals surface area contributed by atoms with Crippen molar-refractivity contribution in [3.05, 3.63) is 0 Å². The SMILES string of the molecule is CC1(C)CC2(CC(C)(C)C3CCCCC32)C2CCCCC21. The van der Waals surface area contributed by atoms with Gasteiger partial charge in [0.25, 0.3) is 0 Å². The van der Waals surface area contributed by atoms with Crippen molar-refractivity contribution in [2.24, 2.45) is 39.9 Å². The molecular formula is C21H36. The molecule has 4 atom stereocenters. The molecule has 0 N–H and O–H groups in total. The monoisotopic (exact) mass is 288 g/mol. The second-order valence-corrected chi connectivity index (χ2v) is 10.6. The van der Waals surface area contributed by atoms with Gasteiger partial charge >= 0.3 is 0 Å². The molecular weight excluding hydrogens is 252 g/mol. The van der Waals surface area contributed by atoms with Crippen molar-refractivity contribution in [3.8, 4) is 0 Å². The smallest absolute Gasteiger partial charge is 0.0225 e. The first kappa shape index (κ1) is 14.6. The predicted molar refractivity (Wildman–Crippen MR) is 90.1 cm³/mol. The molecule has 0 saturated heterocycles. The summed E-state index contributed by atoms with van der Waals surface area (Å²) in [4.78, 5) is 0. The Kier molecular flexibility index (Phi) is 3.13. The van der Waals surface area contributed by atoms with Crippen molar-refractivity contribution in [2.75, 3.05) is 0 Å². The Labute approximate surface area is 132 Å². The van der Waals surface area contributed by atoms with Crippen LogP contribution < -0.4 is 0 Å². The Bertz CT molecular complexity index is 376. The van der Waals surface area contributed by atoms with Crippen LogP contribution in [0.2, 0.25) is 0 Å². The molecule has 0 heteroatoms. The maximum atomic E-state index is 2.62. The summed E-state index contributed by atoms with van der Waals surface area (Å²) in [6.07, 6.45) is 15.4. The van der Waals surface area contributed by atoms with Crippen molar-refractivity contribution in [1.29, 1.82) is 0 Å². The summed E-state index contributed by atoms with van der Waals surface area (Å²) in [6.45, 7) is 10.5. The number of hydrogen-bond donors (Lipinski definition) is 0. The van der Waals surface area contributed by atoms with E-state index in [1.807, 2.05) is 0 Å². The standard InChI is InChI=1S/C21H36/c1-19(2)13-21(17-11-7-5-9-15(17)19)14-20(3,4)16-10-6-8-12-18(16)21/h15-18H,5-14H2,1-4H3. The molecule has 0 heterocycles. The van der Waals surface area contributed by atoms with E-state index >= 15 is 0 Å². The minimum Gasteiger partial charge on any atom is -0.0596 e. The van der Waals surface area contributed by atoms with Crippen molar-refractivity contribution >= 4 is 0 Å². The number of rotatable bonds is 0. The van der Waals surface area contributed by atoms with E-state index in [4.69, 9.17) is 0 Å². The molecule has 4 saturated carbocycles. The molecule has 4 fully saturated rings. The van der Waals surface area contributed by atoms with Crippen molar-refractivity contribution in [3.63, 3.8) is 0 Å². The molecule has 1 spiro atoms. The summed E-state index contributed by atoms with van der Waals surface area (Å²) in [6, 6.07) is 0. The molecule has 0 bridgehead atoms. The van der Waals surface area contributed by atoms with Crippen LogP contribution in [0, 0.1) is 39.9 Å². The van der Waals surface area contributed by atoms with Gasteiger partial charge in [-0.2, -0.15) is 0 Å². The van der Waals surface area contributed by atoms with Gasteiger partial charge in [-0.05, 0) is 78.4 Å². The first-order chi connectivity index (χ1) is 9.87. The van der Waals surface area contributed by atoms with Crippen LogP contribution in [0.15, 0.2) is 0 Å². The van der Waals surface area contributed by atoms with Crippen LogP contribution >= 0.6 is 0 Å². The fourth-order valence-electron chi connectivity index (χ4n) is 8.33. The highest BCUT2D eigenvalue weighted by molar-refractivity contribution is 5.15. The predicted octanol–water partition coefficient (Wildman–Crippen LogP) is 6.45. The minimum absolute atomic E-state index is 0.619. The molecule has 120 valence electrons. The van der Waals surface area contributed by atoms with Crippen molar-refractivity contribution in [2.45, 2.75) is 91.9 Å². The van der Waals surface area contributed by atoms with E-state index in [0.717, 1.165) is 29.1 Å². The molecule has 0 nitrogen and oxygen atoms in total. The Morgan fingerprint density at radius 2 is 0.857 bits per heavy atom. The van der Waals surface area contributed by atoms with Crippen LogP contribution in [0.25, 0.3) is 0 Å². The Morgan fingerprint density at radius 3 is 1.24 bits per heavy atom. The van der Waals surface area contributed by atoms with Crippen LogP contribution in [0.4, 0.5) is 0 Å². The molecule has 4 aliphatic carbocycles. The van der Waals surface area contributed by atoms with Gasteiger partial charge in [-0.3, -0.25) is 0 Å². The highest BCUT2D eigenvalue weighted by Crippen LogP contribution is 2.74. The zero-order chi connectivity index (χ0) is 14.9. The second-order valence-electron chi connectivity index (χ2n) is 10.6. The first-order valence-corrected chi connectivity index (χ1v) is 9.87. The van der Waals surface area contributed by atoms with Gasteiger partial charge in [-0.25, -0.2) is 0 Å². The lowest BCUT2D eigenvalue weighted by Gasteiger charge is -2.44. The summed E-state index contributed by atoms with van der Waals surface area (Å²) >= 11 is 0. The zero-order valence-electron chi connectivity index (χ0n) is 14.9. The van der Waals surface area contributed by atoms with Crippen LogP contribution in [0.5, 0.6) is 0 Å². The largest absolute Gasteiger partial charge is 0.0596 e. The van der Waals surface area contributed by atoms with Gasteiger partial charge < -0.3 is 0 Å². The lowest BCUT2D eigenvalue weighted by molar-refractivity contribution is 0.0500. The lowest BCUT2D eigenvalue weighted by Crippen LogP contribution is -2.36. The molecule has 0 aromatic rings. The van der Waals surface area contributed by atoms with Gasteiger partial charge in [-0.15, -0.1) is 0 Å². The van der Waals surface area contributed by atoms with Crippen molar-refractivity contribution in [1.82, 2.24) is 0 Å². The third kappa shape index (κ3) is 1.93. The Balaban J connectivity index is 1.76. The van der Waals surface area contributed by atoms with Gasteiger partial charge in [0.1, 0.15) is 0 Å². The highest BCUT2D eigenvalue weighted by Gasteiger charge is 2.66. The molecule has 21 heavy (non-hydrogen) atoms. The summed E-state index contributed by atoms with van der Waals surface area (Å²) in [5.74, 6) is 4.24. The highest BCUT2D eigenvalue weighted by atomic mass is 14.7. The summed E-state index contributed by atoms with van der Waals surface area (Å²) in [7, 11) is 0. The van der Waals surface area contributed by atoms with E-state index in [1.54, 1.807) is 25.7 Å². The molecule has 0 aliphatic heterocycles. The average molecular weight is 289 g/mol. The van der Waals surface area contributed by atoms with E-state index in [9.17, 15) is 0 Å². The molecule has 4 unspecified atom stereocenters. The van der Waals surface area contributed by atoms with Crippen LogP contribution in [-0.2, 0) is 0 Å². The van der Waals surface area contributed by atoms with Gasteiger partial charge in [0.15, 0.2) is 0 Å². The summed E-state index contributed by atoms with van der Waals surface area (Å²) < 4.78 is 0. The van der Waals surface area contributed by atoms with Crippen LogP contribution in [0.3, 0.4) is 0 Å². The quantitative estimate of drug-likeness (QED) is 0.481. The minimum atomic E-state index is 0.619. The lowest BCUT2D eigenvalue weighted by atomic mass is 9.61. The molecule has 0 amide bonds. The summed E-state index contributed by atoms with van der Waals surface area (Å²) in [5, 5.41) is 0. The Hall–Kier alpha value is 0. The fourth-order valence-corrected chi connectivity index (χ4v) is 8.33. The second kappa shape index (κ2) is 4.51. The molecule has 0 radical (unpaired) electrons. The molecule has 4 rings (SSSR count). The number of hydrogen-bond acceptors (Lipinski definition) is 0. The Morgan fingerprint density at radius 1 is 0.524 bits per heavy atom. The van der Waals surface area contributed by atoms with E-state index in [2.05, 4.69) is 27.7 Å². The van der Waals surface area contributed by atoms with Crippen molar-refractivity contribution < 1.29 is 0 Å². The van der Waals surface area contributed by atoms with E-state index in [1.165, 1.54) is 38.5 Å². The van der Waals surface area contributed by atoms with Gasteiger partial charge in [0, 0.05) is 0 Å². The van der Waals surface area contributed by atoms with Crippen LogP contribution in [-0.4, -0.2) is 0 Å². The molecule has 4 aliphatic rings. The van der Waals surface area contributed by atoms with E-state index in [0.29, 0.717) is 10.8 Å². The number of fused-ring (bicyclic) bond motifs is 4. The van der Waals surface area contributed by atoms with Gasteiger partial charge in [-0.1, -0.05) is 53.4 Å². The third-order valence-corrected chi connectivity index (χ3v) is 8.59. The molecule has 0 aromatic heterocycles. The van der Waals surface area contributed by atoms with Gasteiger partial charge in [0.2, 0.25) is 0 Å². The maximum absolute atomic E-state index is 2.62. The van der Waals surface area contributed by atoms with Gasteiger partial charge in [0.05, 0.1) is 0 Å². The maximum Gasteiger partial charge on any atom is -0.0225 e. The topological polar surface area (TPSA) is 0 Å². The van der Waals surface area contributed by atoms with Crippen LogP contribution in [0.1, 0.15) is 91.9 Å². The average Bonchev–Trinajstić information content (AvgIpc) is 2.81. The van der Waals surface area contributed by atoms with E-state index < -0.39 is 0 Å².